The quantitative estimate of drug-likeness (QED) is 0.425. The third-order valence-corrected chi connectivity index (χ3v) is 6.84. The number of aromatic nitrogens is 2. The van der Waals surface area contributed by atoms with Crippen LogP contribution in [-0.2, 0) is 13.0 Å². The molecule has 5 rings (SSSR count). The summed E-state index contributed by atoms with van der Waals surface area (Å²) < 4.78 is 1.99. The zero-order valence-electron chi connectivity index (χ0n) is 20.4. The molecule has 0 spiro atoms. The van der Waals surface area contributed by atoms with E-state index in [1.807, 2.05) is 85.1 Å². The Morgan fingerprint density at radius 1 is 1.00 bits per heavy atom. The Kier molecular flexibility index (Phi) is 6.12. The number of nitrogens with one attached hydrogen (secondary N) is 1. The minimum atomic E-state index is -0.216. The molecule has 1 aliphatic rings. The summed E-state index contributed by atoms with van der Waals surface area (Å²) in [6.45, 7) is 4.74. The van der Waals surface area contributed by atoms with Crippen molar-refractivity contribution < 1.29 is 9.59 Å². The van der Waals surface area contributed by atoms with Crippen LogP contribution in [0.25, 0.3) is 10.8 Å². The zero-order chi connectivity index (χ0) is 24.5. The first-order valence-electron chi connectivity index (χ1n) is 12.2. The number of rotatable bonds is 5. The SMILES string of the molecule is Cc1ccc(C(C)NC(=O)c2c(N(C)C(=O)c3cccc4ccccc34)nc3n2CCCC3)cc1. The summed E-state index contributed by atoms with van der Waals surface area (Å²) in [6.07, 6.45) is 2.81. The number of anilines is 1. The van der Waals surface area contributed by atoms with Crippen LogP contribution in [0.1, 0.15) is 63.6 Å². The van der Waals surface area contributed by atoms with Gasteiger partial charge in [-0.2, -0.15) is 0 Å². The van der Waals surface area contributed by atoms with Crippen molar-refractivity contribution in [2.75, 3.05) is 11.9 Å². The number of amides is 2. The standard InChI is InChI=1S/C29H30N4O2/c1-19-14-16-21(17-15-19)20(2)30-28(34)26-27(31-25-13-6-7-18-33(25)26)32(3)29(35)24-12-8-10-22-9-4-5-11-23(22)24/h4-5,8-12,14-17,20H,6-7,13,18H2,1-3H3,(H,30,34). The average Bonchev–Trinajstić information content (AvgIpc) is 3.27. The van der Waals surface area contributed by atoms with E-state index in [9.17, 15) is 9.59 Å². The van der Waals surface area contributed by atoms with Crippen LogP contribution in [0.4, 0.5) is 5.82 Å². The van der Waals surface area contributed by atoms with E-state index in [1.54, 1.807) is 7.05 Å². The van der Waals surface area contributed by atoms with Gasteiger partial charge in [-0.1, -0.05) is 66.2 Å². The second kappa shape index (κ2) is 9.37. The first-order chi connectivity index (χ1) is 16.9. The smallest absolute Gasteiger partial charge is 0.272 e. The molecule has 6 heteroatoms. The van der Waals surface area contributed by atoms with Gasteiger partial charge in [0.1, 0.15) is 5.82 Å². The minimum Gasteiger partial charge on any atom is -0.344 e. The number of carbonyl (C=O) groups is 2. The molecule has 178 valence electrons. The van der Waals surface area contributed by atoms with Crippen molar-refractivity contribution in [3.05, 3.63) is 94.9 Å². The van der Waals surface area contributed by atoms with Crippen LogP contribution >= 0.6 is 0 Å². The Labute approximate surface area is 205 Å². The molecule has 2 amide bonds. The maximum atomic E-state index is 13.7. The fraction of sp³-hybridized carbons (Fsp3) is 0.276. The van der Waals surface area contributed by atoms with Crippen LogP contribution in [0.15, 0.2) is 66.7 Å². The summed E-state index contributed by atoms with van der Waals surface area (Å²) in [6, 6.07) is 21.5. The van der Waals surface area contributed by atoms with Gasteiger partial charge in [-0.25, -0.2) is 4.98 Å². The van der Waals surface area contributed by atoms with Gasteiger partial charge in [-0.05, 0) is 49.1 Å². The summed E-state index contributed by atoms with van der Waals surface area (Å²) in [5, 5.41) is 5.02. The van der Waals surface area contributed by atoms with Crippen molar-refractivity contribution in [3.8, 4) is 0 Å². The number of hydrogen-bond acceptors (Lipinski definition) is 3. The van der Waals surface area contributed by atoms with Gasteiger partial charge < -0.3 is 9.88 Å². The summed E-state index contributed by atoms with van der Waals surface area (Å²) in [7, 11) is 1.71. The molecule has 0 saturated carbocycles. The third kappa shape index (κ3) is 4.32. The number of carbonyl (C=O) groups excluding carboxylic acids is 2. The second-order valence-corrected chi connectivity index (χ2v) is 9.31. The normalized spacial score (nSPS) is 13.8. The molecule has 3 aromatic carbocycles. The predicted molar refractivity (Wildman–Crippen MR) is 139 cm³/mol. The minimum absolute atomic E-state index is 0.176. The van der Waals surface area contributed by atoms with E-state index in [4.69, 9.17) is 4.98 Å². The fourth-order valence-electron chi connectivity index (χ4n) is 4.82. The van der Waals surface area contributed by atoms with Crippen LogP contribution in [0, 0.1) is 6.92 Å². The highest BCUT2D eigenvalue weighted by molar-refractivity contribution is 6.15. The molecule has 0 fully saturated rings. The lowest BCUT2D eigenvalue weighted by atomic mass is 10.0. The molecule has 4 aromatic rings. The van der Waals surface area contributed by atoms with Crippen molar-refractivity contribution >= 4 is 28.4 Å². The molecule has 1 aromatic heterocycles. The van der Waals surface area contributed by atoms with Crippen LogP contribution in [0.3, 0.4) is 0 Å². The molecule has 0 saturated heterocycles. The number of benzene rings is 3. The molecular formula is C29H30N4O2. The maximum absolute atomic E-state index is 13.7. The van der Waals surface area contributed by atoms with E-state index in [2.05, 4.69) is 5.32 Å². The van der Waals surface area contributed by atoms with Crippen LogP contribution in [0.5, 0.6) is 0 Å². The molecule has 6 nitrogen and oxygen atoms in total. The number of imidazole rings is 1. The summed E-state index contributed by atoms with van der Waals surface area (Å²) in [5.74, 6) is 0.870. The van der Waals surface area contributed by atoms with Gasteiger partial charge in [0.25, 0.3) is 11.8 Å². The summed E-state index contributed by atoms with van der Waals surface area (Å²) in [5.41, 5.74) is 3.25. The molecule has 2 heterocycles. The van der Waals surface area contributed by atoms with Crippen LogP contribution in [-0.4, -0.2) is 28.4 Å². The Morgan fingerprint density at radius 3 is 2.54 bits per heavy atom. The van der Waals surface area contributed by atoms with E-state index in [0.717, 1.165) is 48.0 Å². The topological polar surface area (TPSA) is 67.2 Å². The lowest BCUT2D eigenvalue weighted by Gasteiger charge is -2.21. The van der Waals surface area contributed by atoms with Crippen LogP contribution < -0.4 is 10.2 Å². The number of fused-ring (bicyclic) bond motifs is 2. The van der Waals surface area contributed by atoms with Gasteiger partial charge in [0.05, 0.1) is 6.04 Å². The number of aryl methyl sites for hydroxylation is 2. The molecule has 1 unspecified atom stereocenters. The van der Waals surface area contributed by atoms with Crippen molar-refractivity contribution in [1.29, 1.82) is 0 Å². The zero-order valence-corrected chi connectivity index (χ0v) is 20.4. The van der Waals surface area contributed by atoms with Crippen molar-refractivity contribution in [2.45, 2.75) is 45.7 Å². The highest BCUT2D eigenvalue weighted by Gasteiger charge is 2.30. The van der Waals surface area contributed by atoms with Crippen molar-refractivity contribution in [2.24, 2.45) is 0 Å². The predicted octanol–water partition coefficient (Wildman–Crippen LogP) is 5.45. The van der Waals surface area contributed by atoms with Gasteiger partial charge >= 0.3 is 0 Å². The van der Waals surface area contributed by atoms with Gasteiger partial charge in [0, 0.05) is 25.6 Å². The monoisotopic (exact) mass is 466 g/mol. The van der Waals surface area contributed by atoms with E-state index in [1.165, 1.54) is 10.5 Å². The molecule has 1 N–H and O–H groups in total. The van der Waals surface area contributed by atoms with Crippen molar-refractivity contribution in [1.82, 2.24) is 14.9 Å². The van der Waals surface area contributed by atoms with Gasteiger partial charge in [0.2, 0.25) is 0 Å². The Bertz CT molecular complexity index is 1400. The molecule has 0 aliphatic carbocycles. The Balaban J connectivity index is 1.50. The second-order valence-electron chi connectivity index (χ2n) is 9.31. The largest absolute Gasteiger partial charge is 0.344 e. The van der Waals surface area contributed by atoms with E-state index in [-0.39, 0.29) is 17.9 Å². The Hall–Kier alpha value is -3.93. The van der Waals surface area contributed by atoms with E-state index >= 15 is 0 Å². The molecule has 0 radical (unpaired) electrons. The summed E-state index contributed by atoms with van der Waals surface area (Å²) >= 11 is 0. The van der Waals surface area contributed by atoms with E-state index < -0.39 is 0 Å². The van der Waals surface area contributed by atoms with Gasteiger partial charge in [0.15, 0.2) is 11.5 Å². The van der Waals surface area contributed by atoms with E-state index in [0.29, 0.717) is 17.1 Å². The molecule has 1 aliphatic heterocycles. The first-order valence-corrected chi connectivity index (χ1v) is 12.2. The molecular weight excluding hydrogens is 436 g/mol. The molecule has 1 atom stereocenters. The first kappa shape index (κ1) is 22.8. The molecule has 35 heavy (non-hydrogen) atoms. The average molecular weight is 467 g/mol. The highest BCUT2D eigenvalue weighted by Crippen LogP contribution is 2.29. The Morgan fingerprint density at radius 2 is 1.74 bits per heavy atom. The fourth-order valence-corrected chi connectivity index (χ4v) is 4.82. The summed E-state index contributed by atoms with van der Waals surface area (Å²) in [4.78, 5) is 33.6. The van der Waals surface area contributed by atoms with Gasteiger partial charge in [-0.15, -0.1) is 0 Å². The number of nitrogens with zero attached hydrogens (tertiary/aromatic N) is 3. The molecule has 0 bridgehead atoms. The number of hydrogen-bond donors (Lipinski definition) is 1. The maximum Gasteiger partial charge on any atom is 0.272 e. The van der Waals surface area contributed by atoms with Crippen molar-refractivity contribution in [3.63, 3.8) is 0 Å². The van der Waals surface area contributed by atoms with Gasteiger partial charge in [-0.3, -0.25) is 14.5 Å². The highest BCUT2D eigenvalue weighted by atomic mass is 16.2. The lowest BCUT2D eigenvalue weighted by molar-refractivity contribution is 0.0930. The lowest BCUT2D eigenvalue weighted by Crippen LogP contribution is -2.33. The van der Waals surface area contributed by atoms with Crippen LogP contribution in [0.2, 0.25) is 0 Å². The third-order valence-electron chi connectivity index (χ3n) is 6.84.